The van der Waals surface area contributed by atoms with Gasteiger partial charge in [0.2, 0.25) is 0 Å². The Kier molecular flexibility index (Phi) is 11.8. The number of carboxylic acid groups (broad SMARTS) is 1. The zero-order chi connectivity index (χ0) is 20.9. The van der Waals surface area contributed by atoms with E-state index in [1.165, 1.54) is 77.0 Å². The Morgan fingerprint density at radius 2 is 1.55 bits per heavy atom. The second-order valence-corrected chi connectivity index (χ2v) is 9.47. The Balaban J connectivity index is 1.63. The van der Waals surface area contributed by atoms with E-state index in [0.717, 1.165) is 30.2 Å². The molecule has 1 aliphatic rings. The van der Waals surface area contributed by atoms with Gasteiger partial charge < -0.3 is 5.11 Å². The Bertz CT molecular complexity index is 586. The summed E-state index contributed by atoms with van der Waals surface area (Å²) in [5, 5.41) is 10.2. The molecule has 0 spiro atoms. The average molecular weight is 421 g/mol. The van der Waals surface area contributed by atoms with Gasteiger partial charge in [-0.2, -0.15) is 0 Å². The highest BCUT2D eigenvalue weighted by Crippen LogP contribution is 2.39. The Morgan fingerprint density at radius 3 is 2.17 bits per heavy atom. The Morgan fingerprint density at radius 1 is 0.966 bits per heavy atom. The summed E-state index contributed by atoms with van der Waals surface area (Å²) in [7, 11) is 0. The maximum atomic E-state index is 11.7. The fourth-order valence-electron chi connectivity index (χ4n) is 5.16. The molecule has 29 heavy (non-hydrogen) atoms. The van der Waals surface area contributed by atoms with E-state index in [4.69, 9.17) is 11.6 Å². The summed E-state index contributed by atoms with van der Waals surface area (Å²) in [6.45, 7) is 2.28. The van der Waals surface area contributed by atoms with Gasteiger partial charge in [0.1, 0.15) is 0 Å². The van der Waals surface area contributed by atoms with Crippen LogP contribution in [0.2, 0.25) is 5.02 Å². The van der Waals surface area contributed by atoms with Gasteiger partial charge in [0.15, 0.2) is 0 Å². The highest BCUT2D eigenvalue weighted by Gasteiger charge is 2.26. The standard InChI is InChI=1S/C26H41ClO2/c1-2-3-4-5-6-8-14-21-16-13-17-22(21)15-9-7-10-19-24(26(28)29)23-18-11-12-20-25(23)27/h11-12,18,20-22,24H,2-10,13-17,19H2,1H3,(H,28,29)/t21-,22-,24?/m0/s1. The van der Waals surface area contributed by atoms with Crippen LogP contribution in [-0.2, 0) is 4.79 Å². The van der Waals surface area contributed by atoms with Crippen molar-refractivity contribution in [2.75, 3.05) is 0 Å². The van der Waals surface area contributed by atoms with Crippen molar-refractivity contribution in [2.45, 2.75) is 109 Å². The van der Waals surface area contributed by atoms with Crippen LogP contribution in [0.3, 0.4) is 0 Å². The second kappa shape index (κ2) is 14.1. The molecule has 1 aromatic carbocycles. The zero-order valence-corrected chi connectivity index (χ0v) is 19.1. The lowest BCUT2D eigenvalue weighted by Gasteiger charge is -2.20. The summed E-state index contributed by atoms with van der Waals surface area (Å²) in [6, 6.07) is 7.37. The van der Waals surface area contributed by atoms with E-state index >= 15 is 0 Å². The monoisotopic (exact) mass is 420 g/mol. The number of benzene rings is 1. The number of rotatable bonds is 15. The first-order valence-electron chi connectivity index (χ1n) is 12.1. The summed E-state index contributed by atoms with van der Waals surface area (Å²) >= 11 is 6.22. The molecule has 1 saturated carbocycles. The molecule has 0 aliphatic heterocycles. The molecule has 1 aliphatic carbocycles. The molecule has 0 aromatic heterocycles. The highest BCUT2D eigenvalue weighted by molar-refractivity contribution is 6.31. The smallest absolute Gasteiger partial charge is 0.311 e. The number of aliphatic carboxylic acids is 1. The van der Waals surface area contributed by atoms with Crippen molar-refractivity contribution in [3.8, 4) is 0 Å². The second-order valence-electron chi connectivity index (χ2n) is 9.06. The number of carbonyl (C=O) groups is 1. The molecule has 0 radical (unpaired) electrons. The molecule has 1 fully saturated rings. The normalized spacial score (nSPS) is 20.1. The van der Waals surface area contributed by atoms with Crippen LogP contribution in [-0.4, -0.2) is 11.1 Å². The molecule has 0 bridgehead atoms. The summed E-state index contributed by atoms with van der Waals surface area (Å²) in [5.74, 6) is 0.643. The SMILES string of the molecule is CCCCCCCC[C@H]1CCC[C@@H]1CCCCCC(C(=O)O)c1ccccc1Cl. The first-order chi connectivity index (χ1) is 14.1. The summed E-state index contributed by atoms with van der Waals surface area (Å²) in [4.78, 5) is 11.7. The first kappa shape index (κ1) is 24.3. The van der Waals surface area contributed by atoms with E-state index in [1.54, 1.807) is 6.07 Å². The van der Waals surface area contributed by atoms with E-state index in [1.807, 2.05) is 18.2 Å². The van der Waals surface area contributed by atoms with Gasteiger partial charge >= 0.3 is 5.97 Å². The van der Waals surface area contributed by atoms with Crippen LogP contribution in [0.5, 0.6) is 0 Å². The van der Waals surface area contributed by atoms with E-state index < -0.39 is 11.9 Å². The number of halogens is 1. The molecule has 3 heteroatoms. The van der Waals surface area contributed by atoms with Crippen molar-refractivity contribution in [3.05, 3.63) is 34.9 Å². The van der Waals surface area contributed by atoms with E-state index in [-0.39, 0.29) is 0 Å². The van der Waals surface area contributed by atoms with E-state index in [9.17, 15) is 9.90 Å². The topological polar surface area (TPSA) is 37.3 Å². The first-order valence-corrected chi connectivity index (χ1v) is 12.5. The molecular formula is C26H41ClO2. The molecule has 1 unspecified atom stereocenters. The molecule has 164 valence electrons. The van der Waals surface area contributed by atoms with Gasteiger partial charge in [-0.3, -0.25) is 4.79 Å². The molecule has 2 rings (SSSR count). The molecule has 1 N–H and O–H groups in total. The minimum atomic E-state index is -0.757. The van der Waals surface area contributed by atoms with Gasteiger partial charge in [-0.15, -0.1) is 0 Å². The lowest BCUT2D eigenvalue weighted by atomic mass is 9.86. The van der Waals surface area contributed by atoms with E-state index in [2.05, 4.69) is 6.92 Å². The predicted octanol–water partition coefficient (Wildman–Crippen LogP) is 8.63. The summed E-state index contributed by atoms with van der Waals surface area (Å²) < 4.78 is 0. The molecule has 2 nitrogen and oxygen atoms in total. The third kappa shape index (κ3) is 8.70. The van der Waals surface area contributed by atoms with Crippen LogP contribution in [0.1, 0.15) is 115 Å². The van der Waals surface area contributed by atoms with Gasteiger partial charge in [-0.25, -0.2) is 0 Å². The lowest BCUT2D eigenvalue weighted by molar-refractivity contribution is -0.139. The molecule has 3 atom stereocenters. The minimum Gasteiger partial charge on any atom is -0.481 e. The summed E-state index contributed by atoms with van der Waals surface area (Å²) in [6.07, 6.45) is 19.5. The van der Waals surface area contributed by atoms with Crippen molar-refractivity contribution >= 4 is 17.6 Å². The van der Waals surface area contributed by atoms with Crippen LogP contribution in [0.4, 0.5) is 0 Å². The third-order valence-electron chi connectivity index (χ3n) is 6.89. The van der Waals surface area contributed by atoms with Crippen LogP contribution < -0.4 is 0 Å². The van der Waals surface area contributed by atoms with Crippen LogP contribution in [0.25, 0.3) is 0 Å². The molecule has 1 aromatic rings. The van der Waals surface area contributed by atoms with Crippen molar-refractivity contribution in [1.29, 1.82) is 0 Å². The molecule has 0 saturated heterocycles. The van der Waals surface area contributed by atoms with Gasteiger partial charge in [0, 0.05) is 5.02 Å². The van der Waals surface area contributed by atoms with Crippen molar-refractivity contribution < 1.29 is 9.90 Å². The predicted molar refractivity (Wildman–Crippen MR) is 124 cm³/mol. The maximum absolute atomic E-state index is 11.7. The zero-order valence-electron chi connectivity index (χ0n) is 18.4. The molecule has 0 amide bonds. The van der Waals surface area contributed by atoms with Crippen LogP contribution in [0, 0.1) is 11.8 Å². The van der Waals surface area contributed by atoms with Gasteiger partial charge in [0.05, 0.1) is 5.92 Å². The van der Waals surface area contributed by atoms with Gasteiger partial charge in [-0.05, 0) is 29.9 Å². The Labute approximate surface area is 183 Å². The van der Waals surface area contributed by atoms with Crippen molar-refractivity contribution in [2.24, 2.45) is 11.8 Å². The average Bonchev–Trinajstić information content (AvgIpc) is 3.15. The minimum absolute atomic E-state index is 0.476. The maximum Gasteiger partial charge on any atom is 0.311 e. The highest BCUT2D eigenvalue weighted by atomic mass is 35.5. The fraction of sp³-hybridized carbons (Fsp3) is 0.731. The van der Waals surface area contributed by atoms with Crippen molar-refractivity contribution in [1.82, 2.24) is 0 Å². The lowest BCUT2D eigenvalue weighted by Crippen LogP contribution is -2.12. The fourth-order valence-corrected chi connectivity index (χ4v) is 5.43. The number of carboxylic acids is 1. The van der Waals surface area contributed by atoms with E-state index in [0.29, 0.717) is 11.4 Å². The van der Waals surface area contributed by atoms with Gasteiger partial charge in [0.25, 0.3) is 0 Å². The van der Waals surface area contributed by atoms with Crippen LogP contribution in [0.15, 0.2) is 24.3 Å². The quantitative estimate of drug-likeness (QED) is 0.288. The van der Waals surface area contributed by atoms with Crippen LogP contribution >= 0.6 is 11.6 Å². The Hall–Kier alpha value is -1.02. The largest absolute Gasteiger partial charge is 0.481 e. The third-order valence-corrected chi connectivity index (χ3v) is 7.24. The van der Waals surface area contributed by atoms with Gasteiger partial charge in [-0.1, -0.05) is 127 Å². The molecular weight excluding hydrogens is 380 g/mol. The number of hydrogen-bond donors (Lipinski definition) is 1. The molecule has 0 heterocycles. The summed E-state index contributed by atoms with van der Waals surface area (Å²) in [5.41, 5.74) is 0.761. The number of hydrogen-bond acceptors (Lipinski definition) is 1. The number of unbranched alkanes of at least 4 members (excludes halogenated alkanes) is 7. The van der Waals surface area contributed by atoms with Crippen molar-refractivity contribution in [3.63, 3.8) is 0 Å².